The number of hydrogen-bond acceptors (Lipinski definition) is 5. The molecule has 3 aromatic rings. The Morgan fingerprint density at radius 1 is 1.17 bits per heavy atom. The Morgan fingerprint density at radius 3 is 2.66 bits per heavy atom. The van der Waals surface area contributed by atoms with E-state index in [1.54, 1.807) is 4.68 Å². The van der Waals surface area contributed by atoms with Crippen molar-refractivity contribution in [1.29, 1.82) is 0 Å². The Kier molecular flexibility index (Phi) is 7.04. The van der Waals surface area contributed by atoms with Crippen LogP contribution in [0.25, 0.3) is 5.69 Å². The van der Waals surface area contributed by atoms with Crippen LogP contribution in [0.2, 0.25) is 0 Å². The molecule has 3 rings (SSSR count). The van der Waals surface area contributed by atoms with E-state index in [0.29, 0.717) is 17.6 Å². The minimum atomic E-state index is -0.307. The minimum Gasteiger partial charge on any atom is -0.355 e. The molecule has 0 spiro atoms. The van der Waals surface area contributed by atoms with E-state index in [0.717, 1.165) is 23.2 Å². The largest absolute Gasteiger partial charge is 0.355 e. The summed E-state index contributed by atoms with van der Waals surface area (Å²) >= 11 is 1.36. The molecular weight excluding hydrogens is 382 g/mol. The normalized spacial score (nSPS) is 13.1. The summed E-state index contributed by atoms with van der Waals surface area (Å²) in [6.07, 6.45) is 0.969. The number of carbonyl (C=O) groups is 1. The van der Waals surface area contributed by atoms with Crippen LogP contribution in [0.1, 0.15) is 42.9 Å². The first-order valence-electron chi connectivity index (χ1n) is 9.85. The number of thioether (sulfide) groups is 1. The maximum absolute atomic E-state index is 12.7. The van der Waals surface area contributed by atoms with Crippen LogP contribution in [0.15, 0.2) is 53.7 Å². The molecule has 1 heterocycles. The molecule has 0 fully saturated rings. The lowest BCUT2D eigenvalue weighted by atomic mass is 9.96. The zero-order valence-electron chi connectivity index (χ0n) is 17.3. The number of hydrogen-bond donors (Lipinski definition) is 1. The quantitative estimate of drug-likeness (QED) is 0.568. The molecule has 0 radical (unpaired) electrons. The Hall–Kier alpha value is -2.67. The average Bonchev–Trinajstić information content (AvgIpc) is 3.18. The van der Waals surface area contributed by atoms with E-state index in [1.165, 1.54) is 17.3 Å². The maximum Gasteiger partial charge on any atom is 0.233 e. The van der Waals surface area contributed by atoms with Gasteiger partial charge in [-0.3, -0.25) is 4.79 Å². The SMILES string of the molecule is CC[C@@H](CNC(=O)[C@@H](C)Sc1nnnn1-c1cc(C)ccc1C)c1ccccc1. The van der Waals surface area contributed by atoms with Crippen molar-refractivity contribution in [1.82, 2.24) is 25.5 Å². The van der Waals surface area contributed by atoms with Crippen molar-refractivity contribution in [2.24, 2.45) is 0 Å². The van der Waals surface area contributed by atoms with Crippen LogP contribution in [0.3, 0.4) is 0 Å². The maximum atomic E-state index is 12.7. The molecule has 0 aliphatic carbocycles. The van der Waals surface area contributed by atoms with Gasteiger partial charge in [-0.25, -0.2) is 0 Å². The summed E-state index contributed by atoms with van der Waals surface area (Å²) in [5.74, 6) is 0.289. The van der Waals surface area contributed by atoms with Gasteiger partial charge in [0.05, 0.1) is 10.9 Å². The number of tetrazole rings is 1. The van der Waals surface area contributed by atoms with Gasteiger partial charge in [-0.2, -0.15) is 4.68 Å². The third-order valence-corrected chi connectivity index (χ3v) is 6.00. The van der Waals surface area contributed by atoms with Crippen LogP contribution in [-0.4, -0.2) is 37.9 Å². The summed E-state index contributed by atoms with van der Waals surface area (Å²) in [4.78, 5) is 12.7. The lowest BCUT2D eigenvalue weighted by Crippen LogP contribution is -2.34. The highest BCUT2D eigenvalue weighted by atomic mass is 32.2. The van der Waals surface area contributed by atoms with Gasteiger partial charge in [-0.15, -0.1) is 5.10 Å². The van der Waals surface area contributed by atoms with Gasteiger partial charge in [0.2, 0.25) is 11.1 Å². The van der Waals surface area contributed by atoms with Gasteiger partial charge in [-0.1, -0.05) is 61.2 Å². The van der Waals surface area contributed by atoms with Crippen molar-refractivity contribution in [2.45, 2.75) is 50.4 Å². The first kappa shape index (κ1) is 21.0. The first-order chi connectivity index (χ1) is 14.0. The summed E-state index contributed by atoms with van der Waals surface area (Å²) in [5, 5.41) is 15.5. The number of amides is 1. The number of rotatable bonds is 8. The van der Waals surface area contributed by atoms with Crippen molar-refractivity contribution in [3.05, 3.63) is 65.2 Å². The number of aryl methyl sites for hydroxylation is 2. The van der Waals surface area contributed by atoms with E-state index in [4.69, 9.17) is 0 Å². The molecule has 152 valence electrons. The lowest BCUT2D eigenvalue weighted by Gasteiger charge is -2.18. The van der Waals surface area contributed by atoms with Crippen molar-refractivity contribution in [3.8, 4) is 5.69 Å². The first-order valence-corrected chi connectivity index (χ1v) is 10.7. The number of aromatic nitrogens is 4. The van der Waals surface area contributed by atoms with E-state index < -0.39 is 0 Å². The standard InChI is InChI=1S/C22H27N5OS/c1-5-18(19-9-7-6-8-10-19)14-23-21(28)17(4)29-22-24-25-26-27(22)20-13-15(2)11-12-16(20)3/h6-13,17-18H,5,14H2,1-4H3,(H,23,28)/t17-,18+/m1/s1. The topological polar surface area (TPSA) is 72.7 Å². The molecule has 0 bridgehead atoms. The number of nitrogens with zero attached hydrogens (tertiary/aromatic N) is 4. The van der Waals surface area contributed by atoms with Gasteiger partial charge in [0, 0.05) is 12.5 Å². The van der Waals surface area contributed by atoms with Crippen LogP contribution in [0, 0.1) is 13.8 Å². The fraction of sp³-hybridized carbons (Fsp3) is 0.364. The smallest absolute Gasteiger partial charge is 0.233 e. The predicted octanol–water partition coefficient (Wildman–Crippen LogP) is 4.07. The fourth-order valence-corrected chi connectivity index (χ4v) is 3.98. The van der Waals surface area contributed by atoms with Crippen LogP contribution in [0.4, 0.5) is 0 Å². The van der Waals surface area contributed by atoms with E-state index in [1.807, 2.05) is 51.1 Å². The molecule has 6 nitrogen and oxygen atoms in total. The second-order valence-electron chi connectivity index (χ2n) is 7.18. The van der Waals surface area contributed by atoms with Gasteiger partial charge >= 0.3 is 0 Å². The van der Waals surface area contributed by atoms with E-state index in [9.17, 15) is 4.79 Å². The molecule has 1 amide bonds. The van der Waals surface area contributed by atoms with Gasteiger partial charge < -0.3 is 5.32 Å². The molecule has 0 aliphatic rings. The summed E-state index contributed by atoms with van der Waals surface area (Å²) in [7, 11) is 0. The number of benzene rings is 2. The minimum absolute atomic E-state index is 0.0140. The highest BCUT2D eigenvalue weighted by Gasteiger charge is 2.21. The summed E-state index contributed by atoms with van der Waals surface area (Å²) in [6.45, 7) is 8.70. The number of nitrogens with one attached hydrogen (secondary N) is 1. The van der Waals surface area contributed by atoms with E-state index in [2.05, 4.69) is 46.0 Å². The Bertz CT molecular complexity index is 957. The predicted molar refractivity (Wildman–Crippen MR) is 116 cm³/mol. The van der Waals surface area contributed by atoms with Crippen LogP contribution >= 0.6 is 11.8 Å². The molecule has 1 aromatic heterocycles. The summed E-state index contributed by atoms with van der Waals surface area (Å²) in [6, 6.07) is 16.4. The van der Waals surface area contributed by atoms with Crippen LogP contribution in [0.5, 0.6) is 0 Å². The molecule has 0 saturated carbocycles. The molecule has 0 unspecified atom stereocenters. The van der Waals surface area contributed by atoms with Gasteiger partial charge in [0.15, 0.2) is 0 Å². The Morgan fingerprint density at radius 2 is 1.93 bits per heavy atom. The van der Waals surface area contributed by atoms with Crippen molar-refractivity contribution < 1.29 is 4.79 Å². The fourth-order valence-electron chi connectivity index (χ4n) is 3.15. The van der Waals surface area contributed by atoms with Gasteiger partial charge in [0.1, 0.15) is 0 Å². The molecule has 29 heavy (non-hydrogen) atoms. The van der Waals surface area contributed by atoms with Crippen molar-refractivity contribution >= 4 is 17.7 Å². The second-order valence-corrected chi connectivity index (χ2v) is 8.49. The Balaban J connectivity index is 1.65. The zero-order chi connectivity index (χ0) is 20.8. The lowest BCUT2D eigenvalue weighted by molar-refractivity contribution is -0.120. The van der Waals surface area contributed by atoms with E-state index in [-0.39, 0.29) is 11.2 Å². The molecule has 7 heteroatoms. The van der Waals surface area contributed by atoms with E-state index >= 15 is 0 Å². The third kappa shape index (κ3) is 5.23. The highest BCUT2D eigenvalue weighted by molar-refractivity contribution is 8.00. The van der Waals surface area contributed by atoms with Crippen LogP contribution < -0.4 is 5.32 Å². The molecule has 1 N–H and O–H groups in total. The molecular formula is C22H27N5OS. The second kappa shape index (κ2) is 9.69. The highest BCUT2D eigenvalue weighted by Crippen LogP contribution is 2.25. The third-order valence-electron chi connectivity index (χ3n) is 4.97. The Labute approximate surface area is 176 Å². The molecule has 0 aliphatic heterocycles. The zero-order valence-corrected chi connectivity index (χ0v) is 18.1. The van der Waals surface area contributed by atoms with Crippen molar-refractivity contribution in [3.63, 3.8) is 0 Å². The molecule has 0 saturated heterocycles. The van der Waals surface area contributed by atoms with Gasteiger partial charge in [-0.05, 0) is 60.4 Å². The van der Waals surface area contributed by atoms with Gasteiger partial charge in [0.25, 0.3) is 0 Å². The molecule has 2 aromatic carbocycles. The summed E-state index contributed by atoms with van der Waals surface area (Å²) < 4.78 is 1.70. The summed E-state index contributed by atoms with van der Waals surface area (Å²) in [5.41, 5.74) is 4.39. The number of carbonyl (C=O) groups excluding carboxylic acids is 1. The molecule has 2 atom stereocenters. The van der Waals surface area contributed by atoms with Crippen LogP contribution in [-0.2, 0) is 4.79 Å². The monoisotopic (exact) mass is 409 g/mol. The van der Waals surface area contributed by atoms with Crippen molar-refractivity contribution in [2.75, 3.05) is 6.54 Å². The average molecular weight is 410 g/mol.